The van der Waals surface area contributed by atoms with E-state index in [1.54, 1.807) is 37.3 Å². The minimum Gasteiger partial charge on any atom is -0.507 e. The van der Waals surface area contributed by atoms with Crippen LogP contribution in [0.4, 0.5) is 0 Å². The Bertz CT molecular complexity index is 936. The molecule has 3 aromatic rings. The molecule has 0 aliphatic carbocycles. The zero-order valence-corrected chi connectivity index (χ0v) is 13.3. The lowest BCUT2D eigenvalue weighted by molar-refractivity contribution is 0.100. The Kier molecular flexibility index (Phi) is 3.70. The molecule has 1 heterocycles. The van der Waals surface area contributed by atoms with Crippen LogP contribution in [-0.4, -0.2) is 16.7 Å². The summed E-state index contributed by atoms with van der Waals surface area (Å²) in [4.78, 5) is 24.1. The fraction of sp³-hybridized carbons (Fsp3) is 0.111. The van der Waals surface area contributed by atoms with Gasteiger partial charge in [0.1, 0.15) is 11.3 Å². The number of carbonyl (C=O) groups is 2. The van der Waals surface area contributed by atoms with Gasteiger partial charge in [0.05, 0.1) is 5.56 Å². The first-order valence-corrected chi connectivity index (χ1v) is 7.33. The highest BCUT2D eigenvalue weighted by Crippen LogP contribution is 2.32. The number of rotatable bonds is 3. The van der Waals surface area contributed by atoms with Gasteiger partial charge in [-0.1, -0.05) is 11.6 Å². The Labute approximate surface area is 137 Å². The second kappa shape index (κ2) is 5.56. The number of hydrogen-bond acceptors (Lipinski definition) is 4. The number of aryl methyl sites for hydroxylation is 1. The number of aromatic hydroxyl groups is 1. The van der Waals surface area contributed by atoms with Crippen LogP contribution >= 0.6 is 11.6 Å². The van der Waals surface area contributed by atoms with Crippen LogP contribution in [0, 0.1) is 6.92 Å². The van der Waals surface area contributed by atoms with Crippen molar-refractivity contribution in [1.29, 1.82) is 0 Å². The number of phenolic OH excluding ortho intramolecular Hbond substituents is 1. The highest BCUT2D eigenvalue weighted by atomic mass is 35.5. The average molecular weight is 329 g/mol. The first-order valence-electron chi connectivity index (χ1n) is 6.96. The van der Waals surface area contributed by atoms with E-state index in [0.29, 0.717) is 27.1 Å². The van der Waals surface area contributed by atoms with Gasteiger partial charge in [-0.15, -0.1) is 0 Å². The number of furan rings is 1. The summed E-state index contributed by atoms with van der Waals surface area (Å²) in [7, 11) is 0. The van der Waals surface area contributed by atoms with E-state index >= 15 is 0 Å². The van der Waals surface area contributed by atoms with E-state index in [1.807, 2.05) is 0 Å². The van der Waals surface area contributed by atoms with E-state index in [-0.39, 0.29) is 28.6 Å². The lowest BCUT2D eigenvalue weighted by atomic mass is 10.0. The van der Waals surface area contributed by atoms with Crippen LogP contribution < -0.4 is 0 Å². The van der Waals surface area contributed by atoms with Crippen molar-refractivity contribution >= 4 is 34.1 Å². The molecule has 23 heavy (non-hydrogen) atoms. The molecule has 0 unspecified atom stereocenters. The Morgan fingerprint density at radius 1 is 1.13 bits per heavy atom. The molecular weight excluding hydrogens is 316 g/mol. The highest BCUT2D eigenvalue weighted by Gasteiger charge is 2.21. The summed E-state index contributed by atoms with van der Waals surface area (Å²) in [6, 6.07) is 9.41. The molecule has 0 saturated heterocycles. The smallest absolute Gasteiger partial charge is 0.228 e. The third kappa shape index (κ3) is 2.62. The van der Waals surface area contributed by atoms with E-state index < -0.39 is 0 Å². The van der Waals surface area contributed by atoms with Crippen molar-refractivity contribution in [2.45, 2.75) is 13.8 Å². The molecule has 1 aromatic heterocycles. The van der Waals surface area contributed by atoms with Gasteiger partial charge in [-0.2, -0.15) is 0 Å². The SMILES string of the molecule is CC(=O)c1cc2c(C)c(C(=O)c3ccc(Cl)cc3)oc2cc1O. The predicted molar refractivity (Wildman–Crippen MR) is 87.5 cm³/mol. The summed E-state index contributed by atoms with van der Waals surface area (Å²) in [6.45, 7) is 3.12. The molecule has 2 aromatic carbocycles. The van der Waals surface area contributed by atoms with Crippen LogP contribution in [0.2, 0.25) is 5.02 Å². The molecule has 116 valence electrons. The maximum atomic E-state index is 12.6. The van der Waals surface area contributed by atoms with Gasteiger partial charge in [0.15, 0.2) is 11.5 Å². The topological polar surface area (TPSA) is 67.5 Å². The summed E-state index contributed by atoms with van der Waals surface area (Å²) < 4.78 is 5.61. The maximum Gasteiger partial charge on any atom is 0.228 e. The molecule has 5 heteroatoms. The minimum absolute atomic E-state index is 0.163. The molecule has 0 aliphatic rings. The molecule has 0 aliphatic heterocycles. The van der Waals surface area contributed by atoms with Crippen LogP contribution in [0.5, 0.6) is 5.75 Å². The van der Waals surface area contributed by atoms with Crippen molar-refractivity contribution < 1.29 is 19.1 Å². The third-order valence-electron chi connectivity index (χ3n) is 3.75. The van der Waals surface area contributed by atoms with Gasteiger partial charge in [-0.05, 0) is 44.2 Å². The van der Waals surface area contributed by atoms with Gasteiger partial charge in [0.2, 0.25) is 5.78 Å². The number of phenols is 1. The number of halogens is 1. The lowest BCUT2D eigenvalue weighted by Crippen LogP contribution is -2.01. The monoisotopic (exact) mass is 328 g/mol. The Morgan fingerprint density at radius 2 is 1.78 bits per heavy atom. The van der Waals surface area contributed by atoms with Gasteiger partial charge >= 0.3 is 0 Å². The van der Waals surface area contributed by atoms with Crippen LogP contribution in [0.25, 0.3) is 11.0 Å². The van der Waals surface area contributed by atoms with Crippen LogP contribution in [0.15, 0.2) is 40.8 Å². The normalized spacial score (nSPS) is 10.9. The quantitative estimate of drug-likeness (QED) is 0.717. The van der Waals surface area contributed by atoms with E-state index in [4.69, 9.17) is 16.0 Å². The van der Waals surface area contributed by atoms with Crippen molar-refractivity contribution in [2.24, 2.45) is 0 Å². The minimum atomic E-state index is -0.278. The molecule has 0 radical (unpaired) electrons. The molecule has 0 spiro atoms. The number of carbonyl (C=O) groups excluding carboxylic acids is 2. The first kappa shape index (κ1) is 15.3. The largest absolute Gasteiger partial charge is 0.507 e. The van der Waals surface area contributed by atoms with E-state index in [0.717, 1.165) is 0 Å². The molecule has 0 amide bonds. The van der Waals surface area contributed by atoms with E-state index in [9.17, 15) is 14.7 Å². The molecule has 0 saturated carbocycles. The summed E-state index contributed by atoms with van der Waals surface area (Å²) >= 11 is 5.83. The van der Waals surface area contributed by atoms with Crippen molar-refractivity contribution in [2.75, 3.05) is 0 Å². The number of ketones is 2. The molecule has 0 fully saturated rings. The van der Waals surface area contributed by atoms with Crippen molar-refractivity contribution in [3.63, 3.8) is 0 Å². The van der Waals surface area contributed by atoms with Gasteiger partial charge in [-0.25, -0.2) is 0 Å². The Hall–Kier alpha value is -2.59. The van der Waals surface area contributed by atoms with Gasteiger partial charge in [0.25, 0.3) is 0 Å². The Balaban J connectivity index is 2.15. The van der Waals surface area contributed by atoms with Crippen molar-refractivity contribution in [3.8, 4) is 5.75 Å². The predicted octanol–water partition coefficient (Wildman–Crippen LogP) is 4.53. The van der Waals surface area contributed by atoms with Gasteiger partial charge < -0.3 is 9.52 Å². The molecular formula is C18H13ClO4. The molecule has 1 N–H and O–H groups in total. The summed E-state index contributed by atoms with van der Waals surface area (Å²) in [6.07, 6.45) is 0. The fourth-order valence-electron chi connectivity index (χ4n) is 2.49. The number of hydrogen-bond donors (Lipinski definition) is 1. The zero-order chi connectivity index (χ0) is 16.7. The molecule has 3 rings (SSSR count). The number of fused-ring (bicyclic) bond motifs is 1. The summed E-state index contributed by atoms with van der Waals surface area (Å²) in [5.41, 5.74) is 1.64. The second-order valence-corrected chi connectivity index (χ2v) is 5.75. The maximum absolute atomic E-state index is 12.6. The fourth-order valence-corrected chi connectivity index (χ4v) is 2.61. The third-order valence-corrected chi connectivity index (χ3v) is 4.00. The summed E-state index contributed by atoms with van der Waals surface area (Å²) in [5, 5.41) is 11.1. The first-order chi connectivity index (χ1) is 10.9. The number of benzene rings is 2. The van der Waals surface area contributed by atoms with Gasteiger partial charge in [0, 0.05) is 27.6 Å². The molecule has 0 bridgehead atoms. The second-order valence-electron chi connectivity index (χ2n) is 5.31. The van der Waals surface area contributed by atoms with Crippen LogP contribution in [0.1, 0.15) is 39.0 Å². The van der Waals surface area contributed by atoms with Gasteiger partial charge in [-0.3, -0.25) is 9.59 Å². The lowest BCUT2D eigenvalue weighted by Gasteiger charge is -2.00. The zero-order valence-electron chi connectivity index (χ0n) is 12.5. The Morgan fingerprint density at radius 3 is 2.39 bits per heavy atom. The van der Waals surface area contributed by atoms with E-state index in [1.165, 1.54) is 13.0 Å². The molecule has 0 atom stereocenters. The van der Waals surface area contributed by atoms with Crippen LogP contribution in [-0.2, 0) is 0 Å². The van der Waals surface area contributed by atoms with Crippen molar-refractivity contribution in [3.05, 3.63) is 63.9 Å². The van der Waals surface area contributed by atoms with Crippen molar-refractivity contribution in [1.82, 2.24) is 0 Å². The highest BCUT2D eigenvalue weighted by molar-refractivity contribution is 6.30. The summed E-state index contributed by atoms with van der Waals surface area (Å²) in [5.74, 6) is -0.513. The number of Topliss-reactive ketones (excluding diaryl/α,β-unsaturated/α-hetero) is 1. The molecule has 4 nitrogen and oxygen atoms in total. The van der Waals surface area contributed by atoms with Crippen LogP contribution in [0.3, 0.4) is 0 Å². The standard InChI is InChI=1S/C18H13ClO4/c1-9-13-7-14(10(2)20)15(21)8-16(13)23-18(9)17(22)11-3-5-12(19)6-4-11/h3-8,21H,1-2H3. The van der Waals surface area contributed by atoms with E-state index in [2.05, 4.69) is 0 Å². The average Bonchev–Trinajstić information content (AvgIpc) is 2.82.